The topological polar surface area (TPSA) is 93.5 Å². The van der Waals surface area contributed by atoms with Crippen molar-refractivity contribution in [3.8, 4) is 16.9 Å². The minimum Gasteiger partial charge on any atom is -0.493 e. The average Bonchev–Trinajstić information content (AvgIpc) is 3.20. The Labute approximate surface area is 210 Å². The zero-order chi connectivity index (χ0) is 22.1. The third-order valence-electron chi connectivity index (χ3n) is 5.75. The molecule has 0 aromatic heterocycles. The highest BCUT2D eigenvalue weighted by Crippen LogP contribution is 2.31. The van der Waals surface area contributed by atoms with Crippen molar-refractivity contribution in [3.63, 3.8) is 0 Å². The zero-order valence-corrected chi connectivity index (χ0v) is 21.6. The SMILES string of the molecule is CCS(=O)(=O)NC1CCNC1Cc1cccc(-c2ccccc2OCCCCCN)c1.Cl.Cl. The van der Waals surface area contributed by atoms with Gasteiger partial charge in [0.2, 0.25) is 10.0 Å². The molecule has 0 saturated carbocycles. The molecule has 1 fully saturated rings. The first kappa shape index (κ1) is 29.7. The van der Waals surface area contributed by atoms with Crippen LogP contribution in [0, 0.1) is 0 Å². The maximum Gasteiger partial charge on any atom is 0.211 e. The highest BCUT2D eigenvalue weighted by Gasteiger charge is 2.29. The molecule has 0 amide bonds. The molecule has 2 aromatic rings. The number of sulfonamides is 1. The highest BCUT2D eigenvalue weighted by molar-refractivity contribution is 7.89. The second-order valence-electron chi connectivity index (χ2n) is 8.08. The van der Waals surface area contributed by atoms with E-state index in [1.807, 2.05) is 18.2 Å². The molecule has 1 heterocycles. The van der Waals surface area contributed by atoms with Crippen molar-refractivity contribution < 1.29 is 13.2 Å². The van der Waals surface area contributed by atoms with Gasteiger partial charge in [-0.2, -0.15) is 0 Å². The molecule has 9 heteroatoms. The van der Waals surface area contributed by atoms with Gasteiger partial charge in [-0.15, -0.1) is 24.8 Å². The third-order valence-corrected chi connectivity index (χ3v) is 7.17. The van der Waals surface area contributed by atoms with Gasteiger partial charge in [0.1, 0.15) is 5.75 Å². The number of halogens is 2. The van der Waals surface area contributed by atoms with E-state index in [9.17, 15) is 8.42 Å². The van der Waals surface area contributed by atoms with Crippen molar-refractivity contribution in [2.75, 3.05) is 25.4 Å². The summed E-state index contributed by atoms with van der Waals surface area (Å²) in [5.41, 5.74) is 8.92. The van der Waals surface area contributed by atoms with Crippen molar-refractivity contribution in [2.45, 2.75) is 51.1 Å². The van der Waals surface area contributed by atoms with Crippen LogP contribution in [0.2, 0.25) is 0 Å². The molecule has 2 aromatic carbocycles. The Morgan fingerprint density at radius 1 is 1.09 bits per heavy atom. The Morgan fingerprint density at radius 2 is 1.88 bits per heavy atom. The minimum absolute atomic E-state index is 0. The predicted molar refractivity (Wildman–Crippen MR) is 141 cm³/mol. The molecular weight excluding hydrogens is 481 g/mol. The number of ether oxygens (including phenoxy) is 1. The molecule has 3 rings (SSSR count). The molecule has 6 nitrogen and oxygen atoms in total. The van der Waals surface area contributed by atoms with E-state index in [1.165, 1.54) is 5.56 Å². The highest BCUT2D eigenvalue weighted by atomic mass is 35.5. The monoisotopic (exact) mass is 517 g/mol. The molecule has 2 atom stereocenters. The number of hydrogen-bond donors (Lipinski definition) is 3. The van der Waals surface area contributed by atoms with E-state index in [4.69, 9.17) is 10.5 Å². The lowest BCUT2D eigenvalue weighted by Crippen LogP contribution is -2.45. The number of benzene rings is 2. The van der Waals surface area contributed by atoms with E-state index in [-0.39, 0.29) is 42.7 Å². The molecule has 4 N–H and O–H groups in total. The van der Waals surface area contributed by atoms with Crippen LogP contribution in [0.1, 0.15) is 38.2 Å². The van der Waals surface area contributed by atoms with E-state index in [0.717, 1.165) is 62.1 Å². The van der Waals surface area contributed by atoms with Crippen LogP contribution in [0.3, 0.4) is 0 Å². The van der Waals surface area contributed by atoms with Crippen molar-refractivity contribution in [1.82, 2.24) is 10.0 Å². The number of hydrogen-bond acceptors (Lipinski definition) is 5. The Kier molecular flexibility index (Phi) is 13.3. The summed E-state index contributed by atoms with van der Waals surface area (Å²) in [7, 11) is -3.21. The van der Waals surface area contributed by atoms with Gasteiger partial charge in [-0.3, -0.25) is 0 Å². The maximum absolute atomic E-state index is 12.0. The van der Waals surface area contributed by atoms with Crippen LogP contribution in [0.15, 0.2) is 48.5 Å². The van der Waals surface area contributed by atoms with Gasteiger partial charge in [0.25, 0.3) is 0 Å². The third kappa shape index (κ3) is 9.08. The van der Waals surface area contributed by atoms with Gasteiger partial charge < -0.3 is 15.8 Å². The first-order chi connectivity index (χ1) is 15.0. The van der Waals surface area contributed by atoms with Crippen LogP contribution in [0.5, 0.6) is 5.75 Å². The fourth-order valence-electron chi connectivity index (χ4n) is 3.99. The van der Waals surface area contributed by atoms with Crippen LogP contribution in [0.25, 0.3) is 11.1 Å². The number of unbranched alkanes of at least 4 members (excludes halogenated alkanes) is 2. The van der Waals surface area contributed by atoms with Gasteiger partial charge in [-0.1, -0.05) is 42.5 Å². The lowest BCUT2D eigenvalue weighted by molar-refractivity contribution is 0.307. The fraction of sp³-hybridized carbons (Fsp3) is 0.500. The van der Waals surface area contributed by atoms with Crippen LogP contribution >= 0.6 is 24.8 Å². The molecule has 186 valence electrons. The zero-order valence-electron chi connectivity index (χ0n) is 19.2. The lowest BCUT2D eigenvalue weighted by atomic mass is 9.97. The molecule has 0 radical (unpaired) electrons. The molecule has 2 unspecified atom stereocenters. The van der Waals surface area contributed by atoms with E-state index >= 15 is 0 Å². The summed E-state index contributed by atoms with van der Waals surface area (Å²) < 4.78 is 32.9. The van der Waals surface area contributed by atoms with Crippen molar-refractivity contribution in [1.29, 1.82) is 0 Å². The molecule has 0 aliphatic carbocycles. The summed E-state index contributed by atoms with van der Waals surface area (Å²) in [6.07, 6.45) is 4.68. The van der Waals surface area contributed by atoms with Gasteiger partial charge in [-0.25, -0.2) is 13.1 Å². The molecule has 1 aliphatic heterocycles. The van der Waals surface area contributed by atoms with Gasteiger partial charge >= 0.3 is 0 Å². The van der Waals surface area contributed by atoms with Gasteiger partial charge in [0, 0.05) is 17.6 Å². The summed E-state index contributed by atoms with van der Waals surface area (Å²) in [5.74, 6) is 0.995. The first-order valence-electron chi connectivity index (χ1n) is 11.3. The summed E-state index contributed by atoms with van der Waals surface area (Å²) in [6.45, 7) is 3.89. The maximum atomic E-state index is 12.0. The second-order valence-corrected chi connectivity index (χ2v) is 10.1. The van der Waals surface area contributed by atoms with Crippen LogP contribution in [-0.2, 0) is 16.4 Å². The Hall–Kier alpha value is -1.35. The van der Waals surface area contributed by atoms with Gasteiger partial charge in [0.05, 0.1) is 12.4 Å². The van der Waals surface area contributed by atoms with E-state index in [2.05, 4.69) is 40.4 Å². The van der Waals surface area contributed by atoms with Crippen LogP contribution in [0.4, 0.5) is 0 Å². The first-order valence-corrected chi connectivity index (χ1v) is 12.9. The second kappa shape index (κ2) is 14.8. The Bertz CT molecular complexity index is 944. The summed E-state index contributed by atoms with van der Waals surface area (Å²) in [6, 6.07) is 16.6. The minimum atomic E-state index is -3.21. The quantitative estimate of drug-likeness (QED) is 0.371. The number of nitrogens with one attached hydrogen (secondary N) is 2. The van der Waals surface area contributed by atoms with E-state index in [1.54, 1.807) is 6.92 Å². The number of para-hydroxylation sites is 1. The summed E-state index contributed by atoms with van der Waals surface area (Å²) in [5, 5.41) is 3.46. The molecule has 0 bridgehead atoms. The van der Waals surface area contributed by atoms with E-state index < -0.39 is 10.0 Å². The molecular formula is C24H37Cl2N3O3S. The number of nitrogens with two attached hydrogens (primary N) is 1. The molecule has 1 saturated heterocycles. The van der Waals surface area contributed by atoms with Crippen LogP contribution < -0.4 is 20.5 Å². The fourth-order valence-corrected chi connectivity index (χ4v) is 4.90. The Balaban J connectivity index is 0.00000272. The normalized spacial score (nSPS) is 17.8. The molecule has 33 heavy (non-hydrogen) atoms. The lowest BCUT2D eigenvalue weighted by Gasteiger charge is -2.21. The standard InChI is InChI=1S/C24H35N3O3S.2ClH/c1-2-31(28,29)27-22-13-15-26-23(22)18-19-9-8-10-20(17-19)21-11-4-5-12-24(21)30-16-7-3-6-14-25;;/h4-5,8-12,17,22-23,26-27H,2-3,6-7,13-16,18,25H2,1H3;2*1H. The van der Waals surface area contributed by atoms with Crippen LogP contribution in [-0.4, -0.2) is 46.0 Å². The number of rotatable bonds is 12. The van der Waals surface area contributed by atoms with Gasteiger partial charge in [0.15, 0.2) is 0 Å². The Morgan fingerprint density at radius 3 is 2.64 bits per heavy atom. The van der Waals surface area contributed by atoms with Crippen molar-refractivity contribution in [3.05, 3.63) is 54.1 Å². The summed E-state index contributed by atoms with van der Waals surface area (Å²) >= 11 is 0. The predicted octanol–water partition coefficient (Wildman–Crippen LogP) is 3.92. The summed E-state index contributed by atoms with van der Waals surface area (Å²) in [4.78, 5) is 0. The molecule has 0 spiro atoms. The van der Waals surface area contributed by atoms with Gasteiger partial charge in [-0.05, 0) is 69.3 Å². The molecule has 1 aliphatic rings. The largest absolute Gasteiger partial charge is 0.493 e. The average molecular weight is 519 g/mol. The smallest absolute Gasteiger partial charge is 0.211 e. The van der Waals surface area contributed by atoms with Crippen molar-refractivity contribution in [2.24, 2.45) is 5.73 Å². The van der Waals surface area contributed by atoms with E-state index in [0.29, 0.717) is 6.61 Å². The van der Waals surface area contributed by atoms with Crippen molar-refractivity contribution >= 4 is 34.8 Å².